The summed E-state index contributed by atoms with van der Waals surface area (Å²) in [5.74, 6) is -0.0869. The van der Waals surface area contributed by atoms with Crippen LogP contribution in [-0.4, -0.2) is 53.9 Å². The molecule has 6 N–H and O–H groups in total. The Morgan fingerprint density at radius 1 is 0.524 bits per heavy atom. The number of hydrogen-bond acceptors (Lipinski definition) is 6. The van der Waals surface area contributed by atoms with E-state index in [0.29, 0.717) is 48.4 Å². The fourth-order valence-electron chi connectivity index (χ4n) is 10.8. The molecule has 15 heteroatoms. The van der Waals surface area contributed by atoms with Crippen LogP contribution in [0, 0.1) is 11.8 Å². The summed E-state index contributed by atoms with van der Waals surface area (Å²) in [6, 6.07) is 20.6. The Balaban J connectivity index is 1.35. The van der Waals surface area contributed by atoms with E-state index < -0.39 is 35.0 Å². The summed E-state index contributed by atoms with van der Waals surface area (Å²) >= 11 is -1.30. The SMILES string of the molecule is C[Si](C)(NC(=O)C1CCCCC1)c1c(NC=O)c(NC=O)cc2c1[CH]([Mo][CH]1c3ccccc3-c3cc(NC=O)c(NC=O)c([Si](C)(C)NC(=O)C4CCCCC4)c31)c1ccccc1-2. The second-order valence-electron chi connectivity index (χ2n) is 18.3. The molecule has 0 radical (unpaired) electrons. The molecule has 4 aliphatic rings. The molecular weight excluding hydrogens is 909 g/mol. The van der Waals surface area contributed by atoms with Crippen molar-refractivity contribution in [3.8, 4) is 22.3 Å². The van der Waals surface area contributed by atoms with Crippen LogP contribution in [0.5, 0.6) is 0 Å². The van der Waals surface area contributed by atoms with Gasteiger partial charge in [0.05, 0.1) is 0 Å². The summed E-state index contributed by atoms with van der Waals surface area (Å²) < 4.78 is -0.248. The number of amides is 6. The Bertz CT molecular complexity index is 2310. The molecule has 2 fully saturated rings. The predicted molar refractivity (Wildman–Crippen MR) is 250 cm³/mol. The molecule has 63 heavy (non-hydrogen) atoms. The molecule has 4 aromatic carbocycles. The molecule has 2 saturated carbocycles. The van der Waals surface area contributed by atoms with Gasteiger partial charge in [-0.1, -0.05) is 0 Å². The van der Waals surface area contributed by atoms with Crippen molar-refractivity contribution < 1.29 is 47.3 Å². The molecule has 0 spiro atoms. The van der Waals surface area contributed by atoms with Gasteiger partial charge in [0.1, 0.15) is 0 Å². The summed E-state index contributed by atoms with van der Waals surface area (Å²) in [4.78, 5) is 84.9. The quantitative estimate of drug-likeness (QED) is 0.0516. The van der Waals surface area contributed by atoms with Gasteiger partial charge < -0.3 is 0 Å². The number of rotatable bonds is 16. The molecule has 2 atom stereocenters. The Morgan fingerprint density at radius 2 is 0.889 bits per heavy atom. The first-order valence-corrected chi connectivity index (χ1v) is 30.5. The molecule has 6 amide bonds. The van der Waals surface area contributed by atoms with Crippen molar-refractivity contribution >= 4 is 87.0 Å². The molecule has 0 saturated heterocycles. The molecule has 0 aliphatic heterocycles. The molecule has 328 valence electrons. The van der Waals surface area contributed by atoms with E-state index in [9.17, 15) is 28.8 Å². The molecular formula is C48H56MoN6O6Si2. The van der Waals surface area contributed by atoms with Crippen molar-refractivity contribution in [3.63, 3.8) is 0 Å². The first-order valence-electron chi connectivity index (χ1n) is 22.2. The molecule has 0 bridgehead atoms. The zero-order valence-electron chi connectivity index (χ0n) is 36.3. The first-order chi connectivity index (χ1) is 30.4. The third kappa shape index (κ3) is 8.37. The van der Waals surface area contributed by atoms with Crippen LogP contribution in [0.25, 0.3) is 22.3 Å². The van der Waals surface area contributed by atoms with Crippen molar-refractivity contribution in [2.75, 3.05) is 21.3 Å². The number of hydrogen-bond donors (Lipinski definition) is 6. The molecule has 4 aliphatic carbocycles. The number of nitrogens with one attached hydrogen (secondary N) is 6. The minimum absolute atomic E-state index is 0.0372. The van der Waals surface area contributed by atoms with Gasteiger partial charge in [-0.2, -0.15) is 0 Å². The average Bonchev–Trinajstić information content (AvgIpc) is 3.75. The van der Waals surface area contributed by atoms with E-state index in [0.717, 1.165) is 119 Å². The third-order valence-electron chi connectivity index (χ3n) is 13.5. The standard InChI is InChI=1S/2C24H28N3O3Si.Mo/c2*1-31(2,27-24(30)16-8-4-3-5-9-16)23-20-12-17-10-6-7-11-18(17)19(20)13-21(25-14-28)22(23)26-15-29;/h2*6-7,10-16H,3-5,8-9H2,1-2H3,(H,25,28)(H,26,29)(H,27,30);. The van der Waals surface area contributed by atoms with Crippen LogP contribution in [-0.2, 0) is 47.3 Å². The van der Waals surface area contributed by atoms with Gasteiger partial charge in [-0.05, 0) is 0 Å². The number of benzene rings is 4. The minimum atomic E-state index is -3.00. The Kier molecular flexibility index (Phi) is 13.0. The van der Waals surface area contributed by atoms with Crippen molar-refractivity contribution in [3.05, 3.63) is 82.9 Å². The molecule has 2 unspecified atom stereocenters. The summed E-state index contributed by atoms with van der Waals surface area (Å²) in [5, 5.41) is 13.5. The van der Waals surface area contributed by atoms with Crippen LogP contribution < -0.4 is 41.6 Å². The van der Waals surface area contributed by atoms with Gasteiger partial charge in [0, 0.05) is 0 Å². The van der Waals surface area contributed by atoms with Crippen molar-refractivity contribution in [1.82, 2.24) is 9.96 Å². The van der Waals surface area contributed by atoms with Gasteiger partial charge in [0.25, 0.3) is 0 Å². The van der Waals surface area contributed by atoms with Crippen LogP contribution in [0.15, 0.2) is 60.7 Å². The van der Waals surface area contributed by atoms with Gasteiger partial charge in [-0.3, -0.25) is 0 Å². The van der Waals surface area contributed by atoms with Crippen molar-refractivity contribution in [2.45, 2.75) is 99.0 Å². The second-order valence-corrected chi connectivity index (χ2v) is 29.3. The van der Waals surface area contributed by atoms with E-state index in [1.54, 1.807) is 0 Å². The number of carbonyl (C=O) groups is 6. The Morgan fingerprint density at radius 3 is 1.25 bits per heavy atom. The summed E-state index contributed by atoms with van der Waals surface area (Å²) in [7, 11) is -6.01. The monoisotopic (exact) mass is 966 g/mol. The molecule has 8 rings (SSSR count). The number of fused-ring (bicyclic) bond motifs is 6. The normalized spacial score (nSPS) is 18.2. The predicted octanol–water partition coefficient (Wildman–Crippen LogP) is 7.10. The van der Waals surface area contributed by atoms with Crippen LogP contribution >= 0.6 is 0 Å². The van der Waals surface area contributed by atoms with Crippen molar-refractivity contribution in [1.29, 1.82) is 0 Å². The number of anilines is 4. The summed E-state index contributed by atoms with van der Waals surface area (Å²) in [6.07, 6.45) is 12.2. The van der Waals surface area contributed by atoms with E-state index >= 15 is 0 Å². The average molecular weight is 965 g/mol. The number of carbonyl (C=O) groups excluding carboxylic acids is 6. The third-order valence-corrected chi connectivity index (χ3v) is 22.5. The van der Waals surface area contributed by atoms with Crippen LogP contribution in [0.2, 0.25) is 26.2 Å². The first kappa shape index (κ1) is 44.4. The Labute approximate surface area is 379 Å². The van der Waals surface area contributed by atoms with Gasteiger partial charge in [0.15, 0.2) is 0 Å². The summed E-state index contributed by atoms with van der Waals surface area (Å²) in [5.41, 5.74) is 10.3. The fraction of sp³-hybridized carbons (Fsp3) is 0.375. The van der Waals surface area contributed by atoms with E-state index in [1.807, 2.05) is 24.3 Å². The van der Waals surface area contributed by atoms with Gasteiger partial charge in [-0.25, -0.2) is 0 Å². The molecule has 12 nitrogen and oxygen atoms in total. The molecule has 0 aromatic heterocycles. The molecule has 0 heterocycles. The molecule has 4 aromatic rings. The van der Waals surface area contributed by atoms with Crippen molar-refractivity contribution in [2.24, 2.45) is 11.8 Å². The summed E-state index contributed by atoms with van der Waals surface area (Å²) in [6.45, 7) is 8.46. The van der Waals surface area contributed by atoms with Gasteiger partial charge >= 0.3 is 382 Å². The van der Waals surface area contributed by atoms with E-state index in [4.69, 9.17) is 0 Å². The maximum atomic E-state index is 14.2. The van der Waals surface area contributed by atoms with E-state index in [-0.39, 0.29) is 32.3 Å². The zero-order chi connectivity index (χ0) is 44.5. The second kappa shape index (κ2) is 18.5. The van der Waals surface area contributed by atoms with E-state index in [2.05, 4.69) is 93.8 Å². The Hall–Kier alpha value is -5.18. The zero-order valence-corrected chi connectivity index (χ0v) is 40.3. The maximum absolute atomic E-state index is 14.2. The van der Waals surface area contributed by atoms with Crippen LogP contribution in [0.3, 0.4) is 0 Å². The fourth-order valence-corrected chi connectivity index (χ4v) is 21.1. The van der Waals surface area contributed by atoms with Gasteiger partial charge in [-0.15, -0.1) is 0 Å². The van der Waals surface area contributed by atoms with Crippen LogP contribution in [0.1, 0.15) is 95.1 Å². The van der Waals surface area contributed by atoms with E-state index in [1.165, 1.54) is 0 Å². The van der Waals surface area contributed by atoms with Crippen LogP contribution in [0.4, 0.5) is 22.7 Å². The van der Waals surface area contributed by atoms with Gasteiger partial charge in [0.2, 0.25) is 0 Å². The topological polar surface area (TPSA) is 175 Å².